The van der Waals surface area contributed by atoms with Gasteiger partial charge in [0.05, 0.1) is 7.11 Å². The number of para-hydroxylation sites is 1. The second-order valence-electron chi connectivity index (χ2n) is 3.79. The molecule has 0 bridgehead atoms. The molecule has 0 aliphatic carbocycles. The lowest BCUT2D eigenvalue weighted by molar-refractivity contribution is 0.410. The normalized spacial score (nSPS) is 10.2. The number of hydrogen-bond donors (Lipinski definition) is 1. The number of nitrogens with one attached hydrogen (secondary N) is 1. The highest BCUT2D eigenvalue weighted by atomic mass is 127. The number of ether oxygens (including phenoxy) is 1. The molecule has 2 nitrogen and oxygen atoms in total. The Morgan fingerprint density at radius 2 is 2.00 bits per heavy atom. The van der Waals surface area contributed by atoms with Crippen molar-refractivity contribution in [1.29, 1.82) is 0 Å². The van der Waals surface area contributed by atoms with E-state index in [1.807, 2.05) is 24.3 Å². The van der Waals surface area contributed by atoms with Crippen LogP contribution in [0.2, 0.25) is 0 Å². The van der Waals surface area contributed by atoms with Crippen LogP contribution in [0.15, 0.2) is 42.5 Å². The molecule has 0 saturated heterocycles. The molecule has 0 heterocycles. The Morgan fingerprint density at radius 3 is 2.72 bits per heavy atom. The topological polar surface area (TPSA) is 21.3 Å². The lowest BCUT2D eigenvalue weighted by Crippen LogP contribution is -2.03. The van der Waals surface area contributed by atoms with E-state index in [1.54, 1.807) is 13.2 Å². The SMILES string of the molecule is COc1ccccc1CNc1ccc(F)cc1I. The molecule has 0 aliphatic heterocycles. The average Bonchev–Trinajstić information content (AvgIpc) is 2.38. The van der Waals surface area contributed by atoms with Gasteiger partial charge in [0, 0.05) is 21.4 Å². The van der Waals surface area contributed by atoms with Gasteiger partial charge in [-0.15, -0.1) is 0 Å². The maximum absolute atomic E-state index is 13.0. The minimum atomic E-state index is -0.220. The Morgan fingerprint density at radius 1 is 1.22 bits per heavy atom. The predicted octanol–water partition coefficient (Wildman–Crippen LogP) is 4.05. The van der Waals surface area contributed by atoms with Crippen LogP contribution in [-0.4, -0.2) is 7.11 Å². The monoisotopic (exact) mass is 357 g/mol. The molecular weight excluding hydrogens is 344 g/mol. The molecule has 0 spiro atoms. The number of benzene rings is 2. The molecule has 0 atom stereocenters. The van der Waals surface area contributed by atoms with Crippen LogP contribution in [0, 0.1) is 9.39 Å². The summed E-state index contributed by atoms with van der Waals surface area (Å²) in [5, 5.41) is 3.28. The highest BCUT2D eigenvalue weighted by Gasteiger charge is 2.04. The second-order valence-corrected chi connectivity index (χ2v) is 4.95. The summed E-state index contributed by atoms with van der Waals surface area (Å²) in [6.45, 7) is 0.644. The van der Waals surface area contributed by atoms with E-state index in [4.69, 9.17) is 4.74 Å². The first kappa shape index (κ1) is 13.1. The lowest BCUT2D eigenvalue weighted by Gasteiger charge is -2.11. The van der Waals surface area contributed by atoms with Crippen LogP contribution < -0.4 is 10.1 Å². The first-order valence-corrected chi connectivity index (χ1v) is 6.59. The molecular formula is C14H13FINO. The van der Waals surface area contributed by atoms with E-state index in [9.17, 15) is 4.39 Å². The summed E-state index contributed by atoms with van der Waals surface area (Å²) >= 11 is 2.11. The van der Waals surface area contributed by atoms with Crippen molar-refractivity contribution < 1.29 is 9.13 Å². The van der Waals surface area contributed by atoms with Gasteiger partial charge in [0.1, 0.15) is 11.6 Å². The zero-order valence-electron chi connectivity index (χ0n) is 9.91. The number of halogens is 2. The van der Waals surface area contributed by atoms with Gasteiger partial charge in [-0.25, -0.2) is 4.39 Å². The van der Waals surface area contributed by atoms with Crippen molar-refractivity contribution in [2.45, 2.75) is 6.54 Å². The van der Waals surface area contributed by atoms with Gasteiger partial charge in [0.2, 0.25) is 0 Å². The molecule has 2 aromatic carbocycles. The van der Waals surface area contributed by atoms with Gasteiger partial charge in [-0.3, -0.25) is 0 Å². The molecule has 4 heteroatoms. The van der Waals surface area contributed by atoms with Crippen LogP contribution in [0.5, 0.6) is 5.75 Å². The summed E-state index contributed by atoms with van der Waals surface area (Å²) in [6.07, 6.45) is 0. The second kappa shape index (κ2) is 6.04. The highest BCUT2D eigenvalue weighted by molar-refractivity contribution is 14.1. The smallest absolute Gasteiger partial charge is 0.124 e. The molecule has 0 saturated carbocycles. The Kier molecular flexibility index (Phi) is 4.41. The number of hydrogen-bond acceptors (Lipinski definition) is 2. The third-order valence-corrected chi connectivity index (χ3v) is 3.49. The summed E-state index contributed by atoms with van der Waals surface area (Å²) in [4.78, 5) is 0. The predicted molar refractivity (Wildman–Crippen MR) is 79.4 cm³/mol. The minimum Gasteiger partial charge on any atom is -0.496 e. The van der Waals surface area contributed by atoms with Gasteiger partial charge in [-0.1, -0.05) is 18.2 Å². The largest absolute Gasteiger partial charge is 0.496 e. The van der Waals surface area contributed by atoms with Gasteiger partial charge < -0.3 is 10.1 Å². The molecule has 2 rings (SSSR count). The van der Waals surface area contributed by atoms with Gasteiger partial charge in [-0.2, -0.15) is 0 Å². The number of rotatable bonds is 4. The molecule has 1 N–H and O–H groups in total. The van der Waals surface area contributed by atoms with Crippen molar-refractivity contribution in [2.24, 2.45) is 0 Å². The molecule has 0 fully saturated rings. The van der Waals surface area contributed by atoms with Crippen LogP contribution >= 0.6 is 22.6 Å². The minimum absolute atomic E-state index is 0.220. The van der Waals surface area contributed by atoms with Gasteiger partial charge in [0.25, 0.3) is 0 Å². The maximum Gasteiger partial charge on any atom is 0.124 e. The van der Waals surface area contributed by atoms with Crippen molar-refractivity contribution in [3.63, 3.8) is 0 Å². The average molecular weight is 357 g/mol. The zero-order valence-corrected chi connectivity index (χ0v) is 12.1. The summed E-state index contributed by atoms with van der Waals surface area (Å²) in [5.74, 6) is 0.629. The van der Waals surface area contributed by atoms with E-state index in [2.05, 4.69) is 27.9 Å². The maximum atomic E-state index is 13.0. The van der Waals surface area contributed by atoms with E-state index in [-0.39, 0.29) is 5.82 Å². The van der Waals surface area contributed by atoms with Crippen molar-refractivity contribution in [3.8, 4) is 5.75 Å². The van der Waals surface area contributed by atoms with Crippen LogP contribution in [-0.2, 0) is 6.54 Å². The number of anilines is 1. The van der Waals surface area contributed by atoms with E-state index >= 15 is 0 Å². The number of methoxy groups -OCH3 is 1. The van der Waals surface area contributed by atoms with Crippen LogP contribution in [0.1, 0.15) is 5.56 Å². The fourth-order valence-corrected chi connectivity index (χ4v) is 2.34. The van der Waals surface area contributed by atoms with Crippen LogP contribution in [0.3, 0.4) is 0 Å². The molecule has 0 amide bonds. The van der Waals surface area contributed by atoms with E-state index in [1.165, 1.54) is 12.1 Å². The molecule has 18 heavy (non-hydrogen) atoms. The van der Waals surface area contributed by atoms with Crippen molar-refractivity contribution in [3.05, 3.63) is 57.4 Å². The van der Waals surface area contributed by atoms with E-state index < -0.39 is 0 Å². The van der Waals surface area contributed by atoms with Gasteiger partial charge in [0.15, 0.2) is 0 Å². The Balaban J connectivity index is 2.11. The molecule has 0 radical (unpaired) electrons. The van der Waals surface area contributed by atoms with Gasteiger partial charge in [-0.05, 0) is 46.9 Å². The summed E-state index contributed by atoms with van der Waals surface area (Å²) in [5.41, 5.74) is 1.99. The Labute approximate surface area is 119 Å². The fourth-order valence-electron chi connectivity index (χ4n) is 1.67. The molecule has 2 aromatic rings. The highest BCUT2D eigenvalue weighted by Crippen LogP contribution is 2.22. The lowest BCUT2D eigenvalue weighted by atomic mass is 10.2. The molecule has 0 unspecified atom stereocenters. The third kappa shape index (κ3) is 3.13. The van der Waals surface area contributed by atoms with Crippen molar-refractivity contribution >= 4 is 28.3 Å². The molecule has 94 valence electrons. The van der Waals surface area contributed by atoms with Crippen molar-refractivity contribution in [2.75, 3.05) is 12.4 Å². The van der Waals surface area contributed by atoms with Crippen LogP contribution in [0.25, 0.3) is 0 Å². The summed E-state index contributed by atoms with van der Waals surface area (Å²) in [7, 11) is 1.65. The fraction of sp³-hybridized carbons (Fsp3) is 0.143. The Hall–Kier alpha value is -1.30. The van der Waals surface area contributed by atoms with Crippen molar-refractivity contribution in [1.82, 2.24) is 0 Å². The quantitative estimate of drug-likeness (QED) is 0.834. The van der Waals surface area contributed by atoms with E-state index in [0.717, 1.165) is 20.6 Å². The standard InChI is InChI=1S/C14H13FINO/c1-18-14-5-3-2-4-10(14)9-17-13-7-6-11(15)8-12(13)16/h2-8,17H,9H2,1H3. The Bertz CT molecular complexity index is 545. The third-order valence-electron chi connectivity index (χ3n) is 2.59. The van der Waals surface area contributed by atoms with E-state index in [0.29, 0.717) is 6.54 Å². The zero-order chi connectivity index (χ0) is 13.0. The van der Waals surface area contributed by atoms with Gasteiger partial charge >= 0.3 is 0 Å². The first-order valence-electron chi connectivity index (χ1n) is 5.51. The van der Waals surface area contributed by atoms with Crippen LogP contribution in [0.4, 0.5) is 10.1 Å². The molecule has 0 aliphatic rings. The first-order chi connectivity index (χ1) is 8.70. The summed E-state index contributed by atoms with van der Waals surface area (Å²) in [6, 6.07) is 12.5. The summed E-state index contributed by atoms with van der Waals surface area (Å²) < 4.78 is 19.1. The molecule has 0 aromatic heterocycles.